The zero-order chi connectivity index (χ0) is 11.6. The van der Waals surface area contributed by atoms with Crippen molar-refractivity contribution >= 4 is 23.3 Å². The number of amides is 1. The maximum atomic E-state index is 11.3. The van der Waals surface area contributed by atoms with Crippen LogP contribution in [-0.2, 0) is 11.3 Å². The van der Waals surface area contributed by atoms with Gasteiger partial charge >= 0.3 is 5.82 Å². The minimum atomic E-state index is -0.695. The maximum Gasteiger partial charge on any atom is 0.408 e. The summed E-state index contributed by atoms with van der Waals surface area (Å²) in [6, 6.07) is 0. The molecule has 8 heteroatoms. The van der Waals surface area contributed by atoms with E-state index in [1.165, 1.54) is 11.1 Å². The van der Waals surface area contributed by atoms with Gasteiger partial charge in [-0.1, -0.05) is 11.6 Å². The van der Waals surface area contributed by atoms with E-state index in [0.717, 1.165) is 4.68 Å². The molecule has 0 unspecified atom stereocenters. The lowest BCUT2D eigenvalue weighted by Gasteiger charge is -2.07. The molecule has 1 heterocycles. The number of hydrogen-bond acceptors (Lipinski definition) is 4. The predicted molar refractivity (Wildman–Crippen MR) is 52.6 cm³/mol. The van der Waals surface area contributed by atoms with Gasteiger partial charge in [0, 0.05) is 14.1 Å². The first kappa shape index (κ1) is 11.4. The smallest absolute Gasteiger partial charge is 0.358 e. The molecule has 0 saturated carbocycles. The maximum absolute atomic E-state index is 11.3. The van der Waals surface area contributed by atoms with Crippen LogP contribution in [0.4, 0.5) is 5.82 Å². The molecule has 1 aromatic rings. The monoisotopic (exact) mass is 232 g/mol. The molecule has 0 aliphatic carbocycles. The molecular formula is C7H9ClN4O3. The van der Waals surface area contributed by atoms with Gasteiger partial charge in [0.15, 0.2) is 5.02 Å². The fourth-order valence-corrected chi connectivity index (χ4v) is 1.09. The summed E-state index contributed by atoms with van der Waals surface area (Å²) in [6.45, 7) is -0.0689. The van der Waals surface area contributed by atoms with Gasteiger partial charge < -0.3 is 15.0 Å². The first-order valence-corrected chi connectivity index (χ1v) is 4.37. The third-order valence-corrected chi connectivity index (χ3v) is 1.93. The van der Waals surface area contributed by atoms with E-state index in [1.807, 2.05) is 0 Å². The number of halogens is 1. The van der Waals surface area contributed by atoms with Crippen molar-refractivity contribution in [3.63, 3.8) is 0 Å². The Morgan fingerprint density at radius 1 is 1.73 bits per heavy atom. The molecule has 1 rings (SSSR count). The molecule has 7 nitrogen and oxygen atoms in total. The second-order valence-corrected chi connectivity index (χ2v) is 3.45. The van der Waals surface area contributed by atoms with Crippen molar-refractivity contribution in [3.8, 4) is 0 Å². The van der Waals surface area contributed by atoms with E-state index in [1.54, 1.807) is 14.1 Å². The summed E-state index contributed by atoms with van der Waals surface area (Å²) in [6.07, 6.45) is 1.25. The summed E-state index contributed by atoms with van der Waals surface area (Å²) >= 11 is 5.55. The molecule has 0 spiro atoms. The van der Waals surface area contributed by atoms with Gasteiger partial charge in [0.05, 0.1) is 11.3 Å². The highest BCUT2D eigenvalue weighted by Gasteiger charge is 2.20. The first-order valence-electron chi connectivity index (χ1n) is 3.99. The number of nitrogens with zero attached hydrogens (tertiary/aromatic N) is 4. The van der Waals surface area contributed by atoms with Crippen molar-refractivity contribution in [2.45, 2.75) is 6.54 Å². The molecule has 1 aromatic heterocycles. The standard InChI is InChI=1S/C7H9ClN4O3/c1-10(2)6(13)4-11-3-5(8)7(9-11)12(14)15/h3H,4H2,1-2H3. The molecular weight excluding hydrogens is 224 g/mol. The second-order valence-electron chi connectivity index (χ2n) is 3.04. The molecule has 0 aromatic carbocycles. The van der Waals surface area contributed by atoms with E-state index in [2.05, 4.69) is 5.10 Å². The molecule has 0 aliphatic rings. The minimum absolute atomic E-state index is 0.0689. The van der Waals surface area contributed by atoms with Gasteiger partial charge in [0.2, 0.25) is 5.91 Å². The van der Waals surface area contributed by atoms with Crippen molar-refractivity contribution < 1.29 is 9.72 Å². The highest BCUT2D eigenvalue weighted by molar-refractivity contribution is 6.32. The van der Waals surface area contributed by atoms with Gasteiger partial charge in [-0.3, -0.25) is 4.79 Å². The average Bonchev–Trinajstić information content (AvgIpc) is 2.46. The summed E-state index contributed by atoms with van der Waals surface area (Å²) in [5.74, 6) is -0.660. The molecule has 0 fully saturated rings. The van der Waals surface area contributed by atoms with Crippen LogP contribution in [0.25, 0.3) is 0 Å². The zero-order valence-corrected chi connectivity index (χ0v) is 8.93. The van der Waals surface area contributed by atoms with Crippen molar-refractivity contribution in [1.29, 1.82) is 0 Å². The topological polar surface area (TPSA) is 81.3 Å². The van der Waals surface area contributed by atoms with Gasteiger partial charge in [-0.15, -0.1) is 0 Å². The van der Waals surface area contributed by atoms with Crippen molar-refractivity contribution in [2.75, 3.05) is 14.1 Å². The molecule has 0 bridgehead atoms. The number of carbonyl (C=O) groups excluding carboxylic acids is 1. The lowest BCUT2D eigenvalue weighted by atomic mass is 10.5. The number of aromatic nitrogens is 2. The number of hydrogen-bond donors (Lipinski definition) is 0. The minimum Gasteiger partial charge on any atom is -0.358 e. The van der Waals surface area contributed by atoms with E-state index < -0.39 is 10.7 Å². The van der Waals surface area contributed by atoms with Gasteiger partial charge in [-0.25, -0.2) is 0 Å². The number of carbonyl (C=O) groups is 1. The van der Waals surface area contributed by atoms with Crippen LogP contribution in [0.1, 0.15) is 0 Å². The number of likely N-dealkylation sites (N-methyl/N-ethyl adjacent to an activating group) is 1. The van der Waals surface area contributed by atoms with Crippen LogP contribution in [0.15, 0.2) is 6.20 Å². The van der Waals surface area contributed by atoms with Crippen molar-refractivity contribution in [2.24, 2.45) is 0 Å². The van der Waals surface area contributed by atoms with E-state index in [-0.39, 0.29) is 17.5 Å². The van der Waals surface area contributed by atoms with Crippen LogP contribution in [0, 0.1) is 10.1 Å². The normalized spacial score (nSPS) is 10.1. The van der Waals surface area contributed by atoms with Crippen LogP contribution in [0.2, 0.25) is 5.02 Å². The zero-order valence-electron chi connectivity index (χ0n) is 8.18. The van der Waals surface area contributed by atoms with Crippen LogP contribution < -0.4 is 0 Å². The Bertz CT molecular complexity index is 401. The Kier molecular flexibility index (Phi) is 3.25. The number of rotatable bonds is 3. The van der Waals surface area contributed by atoms with Gasteiger partial charge in [-0.05, 0) is 4.92 Å². The third kappa shape index (κ3) is 2.66. The van der Waals surface area contributed by atoms with E-state index in [4.69, 9.17) is 11.6 Å². The summed E-state index contributed by atoms with van der Waals surface area (Å²) in [5.41, 5.74) is 0. The highest BCUT2D eigenvalue weighted by atomic mass is 35.5. The molecule has 0 radical (unpaired) electrons. The molecule has 82 valence electrons. The fourth-order valence-electron chi connectivity index (χ4n) is 0.872. The highest BCUT2D eigenvalue weighted by Crippen LogP contribution is 2.20. The van der Waals surface area contributed by atoms with Crippen molar-refractivity contribution in [3.05, 3.63) is 21.3 Å². The molecule has 0 saturated heterocycles. The van der Waals surface area contributed by atoms with Crippen LogP contribution >= 0.6 is 11.6 Å². The first-order chi connectivity index (χ1) is 6.91. The Labute approximate surface area is 90.4 Å². The molecule has 15 heavy (non-hydrogen) atoms. The second kappa shape index (κ2) is 4.26. The fraction of sp³-hybridized carbons (Fsp3) is 0.429. The Balaban J connectivity index is 2.84. The third-order valence-electron chi connectivity index (χ3n) is 1.67. The number of nitro groups is 1. The van der Waals surface area contributed by atoms with E-state index in [0.29, 0.717) is 0 Å². The average molecular weight is 233 g/mol. The van der Waals surface area contributed by atoms with Gasteiger partial charge in [-0.2, -0.15) is 4.68 Å². The molecule has 0 atom stereocenters. The summed E-state index contributed by atoms with van der Waals surface area (Å²) < 4.78 is 1.14. The molecule has 0 N–H and O–H groups in total. The van der Waals surface area contributed by atoms with Gasteiger partial charge in [0.25, 0.3) is 0 Å². The van der Waals surface area contributed by atoms with Crippen molar-refractivity contribution in [1.82, 2.24) is 14.7 Å². The summed E-state index contributed by atoms with van der Waals surface area (Å²) in [5, 5.41) is 13.9. The van der Waals surface area contributed by atoms with Crippen LogP contribution in [0.5, 0.6) is 0 Å². The van der Waals surface area contributed by atoms with E-state index in [9.17, 15) is 14.9 Å². The predicted octanol–water partition coefficient (Wildman–Crippen LogP) is 0.533. The molecule has 0 aliphatic heterocycles. The Hall–Kier alpha value is -1.63. The lowest BCUT2D eigenvalue weighted by Crippen LogP contribution is -2.26. The van der Waals surface area contributed by atoms with Gasteiger partial charge in [0.1, 0.15) is 6.54 Å². The van der Waals surface area contributed by atoms with Crippen LogP contribution in [-0.4, -0.2) is 39.6 Å². The van der Waals surface area contributed by atoms with E-state index >= 15 is 0 Å². The summed E-state index contributed by atoms with van der Waals surface area (Å²) in [7, 11) is 3.17. The SMILES string of the molecule is CN(C)C(=O)Cn1cc(Cl)c([N+](=O)[O-])n1. The Morgan fingerprint density at radius 3 is 2.73 bits per heavy atom. The largest absolute Gasteiger partial charge is 0.408 e. The van der Waals surface area contributed by atoms with Crippen LogP contribution in [0.3, 0.4) is 0 Å². The summed E-state index contributed by atoms with van der Waals surface area (Å²) in [4.78, 5) is 22.3. The molecule has 1 amide bonds. The Morgan fingerprint density at radius 2 is 2.33 bits per heavy atom. The lowest BCUT2D eigenvalue weighted by molar-refractivity contribution is -0.389. The quantitative estimate of drug-likeness (QED) is 0.562.